The number of rotatable bonds is 3. The Morgan fingerprint density at radius 3 is 3.00 bits per heavy atom. The summed E-state index contributed by atoms with van der Waals surface area (Å²) in [7, 11) is 0. The van der Waals surface area contributed by atoms with Crippen molar-refractivity contribution >= 4 is 11.6 Å². The molecule has 98 valence electrons. The second-order valence-corrected chi connectivity index (χ2v) is 4.98. The number of anilines is 1. The Kier molecular flexibility index (Phi) is 3.97. The molecule has 0 unspecified atom stereocenters. The van der Waals surface area contributed by atoms with Gasteiger partial charge in [0.15, 0.2) is 0 Å². The van der Waals surface area contributed by atoms with Gasteiger partial charge in [0.1, 0.15) is 5.82 Å². The smallest absolute Gasteiger partial charge is 0.227 e. The number of carbonyl (C=O) groups is 1. The highest BCUT2D eigenvalue weighted by atomic mass is 19.1. The highest BCUT2D eigenvalue weighted by molar-refractivity contribution is 5.93. The van der Waals surface area contributed by atoms with Crippen LogP contribution in [0.4, 0.5) is 10.1 Å². The monoisotopic (exact) mass is 250 g/mol. The summed E-state index contributed by atoms with van der Waals surface area (Å²) in [5.74, 6) is -0.133. The number of halogens is 1. The Labute approximate surface area is 107 Å². The number of nitrogens with two attached hydrogens (primary N) is 1. The molecular formula is C14H19FN2O. The zero-order valence-electron chi connectivity index (χ0n) is 10.6. The van der Waals surface area contributed by atoms with Gasteiger partial charge in [-0.25, -0.2) is 4.39 Å². The van der Waals surface area contributed by atoms with Gasteiger partial charge in [-0.15, -0.1) is 0 Å². The summed E-state index contributed by atoms with van der Waals surface area (Å²) in [6, 6.07) is 4.42. The Morgan fingerprint density at radius 1 is 1.50 bits per heavy atom. The van der Waals surface area contributed by atoms with Gasteiger partial charge in [-0.3, -0.25) is 4.79 Å². The van der Waals surface area contributed by atoms with Crippen LogP contribution in [0.15, 0.2) is 18.2 Å². The normalized spacial score (nSPS) is 23.1. The fourth-order valence-electron chi connectivity index (χ4n) is 2.62. The van der Waals surface area contributed by atoms with E-state index in [-0.39, 0.29) is 23.6 Å². The molecule has 18 heavy (non-hydrogen) atoms. The van der Waals surface area contributed by atoms with Crippen molar-refractivity contribution in [3.05, 3.63) is 29.6 Å². The van der Waals surface area contributed by atoms with E-state index in [1.165, 1.54) is 12.1 Å². The first-order valence-electron chi connectivity index (χ1n) is 6.39. The first-order chi connectivity index (χ1) is 8.61. The third kappa shape index (κ3) is 2.70. The lowest BCUT2D eigenvalue weighted by Crippen LogP contribution is -2.30. The Hall–Kier alpha value is -1.42. The molecule has 3 N–H and O–H groups in total. The van der Waals surface area contributed by atoms with Crippen molar-refractivity contribution < 1.29 is 9.18 Å². The molecule has 2 atom stereocenters. The highest BCUT2D eigenvalue weighted by Gasteiger charge is 2.32. The molecule has 2 rings (SSSR count). The van der Waals surface area contributed by atoms with E-state index < -0.39 is 0 Å². The number of aryl methyl sites for hydroxylation is 1. The van der Waals surface area contributed by atoms with E-state index in [4.69, 9.17) is 5.73 Å². The van der Waals surface area contributed by atoms with Gasteiger partial charge in [0.25, 0.3) is 0 Å². The molecule has 0 spiro atoms. The van der Waals surface area contributed by atoms with Crippen LogP contribution in [0.25, 0.3) is 0 Å². The molecule has 0 aliphatic heterocycles. The average molecular weight is 250 g/mol. The predicted octanol–water partition coefficient (Wildman–Crippen LogP) is 2.45. The standard InChI is InChI=1S/C14H19FN2O/c1-9-5-6-11(15)7-13(9)17-14(18)12-4-2-3-10(12)8-16/h5-7,10,12H,2-4,8,16H2,1H3,(H,17,18)/t10-,12-/m1/s1. The molecular weight excluding hydrogens is 231 g/mol. The third-order valence-corrected chi connectivity index (χ3v) is 3.76. The fourth-order valence-corrected chi connectivity index (χ4v) is 2.62. The maximum absolute atomic E-state index is 13.1. The summed E-state index contributed by atoms with van der Waals surface area (Å²) in [5, 5.41) is 2.82. The van der Waals surface area contributed by atoms with Crippen molar-refractivity contribution in [1.29, 1.82) is 0 Å². The van der Waals surface area contributed by atoms with Crippen LogP contribution < -0.4 is 11.1 Å². The molecule has 0 saturated heterocycles. The lowest BCUT2D eigenvalue weighted by atomic mass is 9.95. The quantitative estimate of drug-likeness (QED) is 0.865. The maximum Gasteiger partial charge on any atom is 0.227 e. The zero-order valence-corrected chi connectivity index (χ0v) is 10.6. The highest BCUT2D eigenvalue weighted by Crippen LogP contribution is 2.32. The third-order valence-electron chi connectivity index (χ3n) is 3.76. The summed E-state index contributed by atoms with van der Waals surface area (Å²) in [6.07, 6.45) is 2.93. The minimum Gasteiger partial charge on any atom is -0.330 e. The molecule has 0 radical (unpaired) electrons. The number of nitrogens with one attached hydrogen (secondary N) is 1. The van der Waals surface area contributed by atoms with E-state index in [1.807, 2.05) is 6.92 Å². The molecule has 1 amide bonds. The van der Waals surface area contributed by atoms with Gasteiger partial charge in [0, 0.05) is 11.6 Å². The molecule has 1 aromatic rings. The van der Waals surface area contributed by atoms with Crippen molar-refractivity contribution in [3.63, 3.8) is 0 Å². The lowest BCUT2D eigenvalue weighted by molar-refractivity contribution is -0.120. The number of hydrogen-bond acceptors (Lipinski definition) is 2. The second kappa shape index (κ2) is 5.48. The first-order valence-corrected chi connectivity index (χ1v) is 6.39. The molecule has 0 aromatic heterocycles. The zero-order chi connectivity index (χ0) is 13.1. The van der Waals surface area contributed by atoms with Crippen LogP contribution in [0.2, 0.25) is 0 Å². The molecule has 1 fully saturated rings. The van der Waals surface area contributed by atoms with Crippen molar-refractivity contribution in [2.75, 3.05) is 11.9 Å². The van der Waals surface area contributed by atoms with E-state index in [0.29, 0.717) is 12.2 Å². The molecule has 1 aliphatic carbocycles. The van der Waals surface area contributed by atoms with Gasteiger partial charge >= 0.3 is 0 Å². The number of hydrogen-bond donors (Lipinski definition) is 2. The Morgan fingerprint density at radius 2 is 2.28 bits per heavy atom. The van der Waals surface area contributed by atoms with E-state index in [1.54, 1.807) is 6.07 Å². The van der Waals surface area contributed by atoms with Crippen LogP contribution >= 0.6 is 0 Å². The van der Waals surface area contributed by atoms with Crippen LogP contribution in [-0.2, 0) is 4.79 Å². The summed E-state index contributed by atoms with van der Waals surface area (Å²) in [6.45, 7) is 2.39. The van der Waals surface area contributed by atoms with Crippen LogP contribution in [0.1, 0.15) is 24.8 Å². The van der Waals surface area contributed by atoms with Gasteiger partial charge in [0.05, 0.1) is 0 Å². The van der Waals surface area contributed by atoms with Gasteiger partial charge in [-0.05, 0) is 49.9 Å². The van der Waals surface area contributed by atoms with Crippen LogP contribution in [-0.4, -0.2) is 12.5 Å². The Bertz CT molecular complexity index is 447. The van der Waals surface area contributed by atoms with Crippen LogP contribution in [0.3, 0.4) is 0 Å². The lowest BCUT2D eigenvalue weighted by Gasteiger charge is -2.18. The van der Waals surface area contributed by atoms with E-state index in [0.717, 1.165) is 24.8 Å². The molecule has 0 heterocycles. The predicted molar refractivity (Wildman–Crippen MR) is 69.7 cm³/mol. The minimum atomic E-state index is -0.335. The Balaban J connectivity index is 2.09. The van der Waals surface area contributed by atoms with Gasteiger partial charge in [-0.2, -0.15) is 0 Å². The van der Waals surface area contributed by atoms with Gasteiger partial charge in [-0.1, -0.05) is 12.5 Å². The molecule has 3 nitrogen and oxygen atoms in total. The van der Waals surface area contributed by atoms with Gasteiger partial charge in [0.2, 0.25) is 5.91 Å². The van der Waals surface area contributed by atoms with E-state index in [9.17, 15) is 9.18 Å². The van der Waals surface area contributed by atoms with Crippen LogP contribution in [0, 0.1) is 24.6 Å². The summed E-state index contributed by atoms with van der Waals surface area (Å²) < 4.78 is 13.1. The molecule has 0 bridgehead atoms. The van der Waals surface area contributed by atoms with Crippen molar-refractivity contribution in [2.24, 2.45) is 17.6 Å². The number of amides is 1. The first kappa shape index (κ1) is 13.0. The number of benzene rings is 1. The van der Waals surface area contributed by atoms with Crippen molar-refractivity contribution in [2.45, 2.75) is 26.2 Å². The van der Waals surface area contributed by atoms with Crippen molar-refractivity contribution in [3.8, 4) is 0 Å². The largest absolute Gasteiger partial charge is 0.330 e. The summed E-state index contributed by atoms with van der Waals surface area (Å²) in [5.41, 5.74) is 7.10. The topological polar surface area (TPSA) is 55.1 Å². The molecule has 1 saturated carbocycles. The average Bonchev–Trinajstić information content (AvgIpc) is 2.82. The second-order valence-electron chi connectivity index (χ2n) is 4.98. The van der Waals surface area contributed by atoms with Gasteiger partial charge < -0.3 is 11.1 Å². The molecule has 1 aromatic carbocycles. The van der Waals surface area contributed by atoms with E-state index in [2.05, 4.69) is 5.32 Å². The summed E-state index contributed by atoms with van der Waals surface area (Å²) in [4.78, 5) is 12.2. The van der Waals surface area contributed by atoms with Crippen molar-refractivity contribution in [1.82, 2.24) is 0 Å². The van der Waals surface area contributed by atoms with E-state index >= 15 is 0 Å². The summed E-state index contributed by atoms with van der Waals surface area (Å²) >= 11 is 0. The number of carbonyl (C=O) groups excluding carboxylic acids is 1. The van der Waals surface area contributed by atoms with Crippen LogP contribution in [0.5, 0.6) is 0 Å². The molecule has 1 aliphatic rings. The minimum absolute atomic E-state index is 0.0299. The molecule has 4 heteroatoms. The maximum atomic E-state index is 13.1. The SMILES string of the molecule is Cc1ccc(F)cc1NC(=O)[C@@H]1CCC[C@@H]1CN. The fraction of sp³-hybridized carbons (Fsp3) is 0.500.